The van der Waals surface area contributed by atoms with Gasteiger partial charge in [-0.3, -0.25) is 15.1 Å². The molecule has 0 atom stereocenters. The topological polar surface area (TPSA) is 114 Å². The van der Waals surface area contributed by atoms with Gasteiger partial charge in [-0.1, -0.05) is 12.1 Å². The lowest BCUT2D eigenvalue weighted by Crippen LogP contribution is -2.36. The van der Waals surface area contributed by atoms with E-state index in [9.17, 15) is 14.7 Å². The quantitative estimate of drug-likeness (QED) is 0.629. The summed E-state index contributed by atoms with van der Waals surface area (Å²) in [5.74, 6) is -0.287. The van der Waals surface area contributed by atoms with Crippen molar-refractivity contribution < 1.29 is 19.4 Å². The summed E-state index contributed by atoms with van der Waals surface area (Å²) >= 11 is 0. The molecule has 31 heavy (non-hydrogen) atoms. The van der Waals surface area contributed by atoms with Crippen molar-refractivity contribution in [2.75, 3.05) is 5.32 Å². The zero-order valence-electron chi connectivity index (χ0n) is 16.6. The number of anilines is 1. The number of hydrogen-bond acceptors (Lipinski definition) is 7. The van der Waals surface area contributed by atoms with Crippen LogP contribution in [0.5, 0.6) is 5.75 Å². The predicted octanol–water partition coefficient (Wildman–Crippen LogP) is 3.44. The molecule has 1 saturated carbocycles. The molecule has 5 rings (SSSR count). The summed E-state index contributed by atoms with van der Waals surface area (Å²) in [6.07, 6.45) is 8.80. The number of esters is 1. The first-order chi connectivity index (χ1) is 15.0. The van der Waals surface area contributed by atoms with Crippen LogP contribution in [0.1, 0.15) is 41.6 Å². The van der Waals surface area contributed by atoms with Gasteiger partial charge >= 0.3 is 5.97 Å². The van der Waals surface area contributed by atoms with Crippen molar-refractivity contribution in [2.24, 2.45) is 5.92 Å². The number of phenolic OH excluding ortho intramolecular Hbond substituents is 1. The maximum Gasteiger partial charge on any atom is 0.341 e. The number of aromatic nitrogens is 3. The van der Waals surface area contributed by atoms with Crippen molar-refractivity contribution in [3.63, 3.8) is 0 Å². The minimum Gasteiger partial charge on any atom is -0.508 e. The van der Waals surface area contributed by atoms with Gasteiger partial charge in [-0.15, -0.1) is 0 Å². The van der Waals surface area contributed by atoms with Gasteiger partial charge in [-0.05, 0) is 49.4 Å². The van der Waals surface area contributed by atoms with E-state index in [0.717, 1.165) is 16.7 Å². The molecule has 1 aliphatic heterocycles. The number of carbonyl (C=O) groups is 2. The van der Waals surface area contributed by atoms with Crippen molar-refractivity contribution in [3.05, 3.63) is 66.2 Å². The van der Waals surface area contributed by atoms with Gasteiger partial charge in [0.25, 0.3) is 0 Å². The van der Waals surface area contributed by atoms with E-state index in [1.54, 1.807) is 43.0 Å². The van der Waals surface area contributed by atoms with Gasteiger partial charge in [0.15, 0.2) is 0 Å². The first-order valence-electron chi connectivity index (χ1n) is 10.1. The van der Waals surface area contributed by atoms with E-state index < -0.39 is 5.60 Å². The van der Waals surface area contributed by atoms with Crippen LogP contribution in [-0.2, 0) is 15.1 Å². The number of benzene rings is 1. The number of phenols is 1. The largest absolute Gasteiger partial charge is 0.508 e. The first kappa shape index (κ1) is 19.2. The van der Waals surface area contributed by atoms with Crippen LogP contribution in [0, 0.1) is 5.92 Å². The van der Waals surface area contributed by atoms with Gasteiger partial charge in [0.2, 0.25) is 11.9 Å². The van der Waals surface area contributed by atoms with Crippen molar-refractivity contribution in [3.8, 4) is 16.9 Å². The van der Waals surface area contributed by atoms with Crippen LogP contribution in [0.15, 0.2) is 55.1 Å². The van der Waals surface area contributed by atoms with Crippen LogP contribution >= 0.6 is 0 Å². The number of aromatic hydroxyl groups is 1. The molecule has 3 heterocycles. The molecule has 1 fully saturated rings. The van der Waals surface area contributed by atoms with Crippen molar-refractivity contribution in [2.45, 2.75) is 31.3 Å². The third-order valence-electron chi connectivity index (χ3n) is 6.05. The van der Waals surface area contributed by atoms with E-state index >= 15 is 0 Å². The van der Waals surface area contributed by atoms with Crippen LogP contribution in [0.2, 0.25) is 0 Å². The van der Waals surface area contributed by atoms with E-state index in [1.165, 1.54) is 0 Å². The Morgan fingerprint density at radius 1 is 1.10 bits per heavy atom. The molecule has 1 aliphatic carbocycles. The number of nitrogens with one attached hydrogen (secondary N) is 1. The van der Waals surface area contributed by atoms with Crippen LogP contribution < -0.4 is 5.32 Å². The summed E-state index contributed by atoms with van der Waals surface area (Å²) in [6.45, 7) is 0. The SMILES string of the molecule is O=C1O[C@]2(CC[C@H](C(=O)Nc3ncc(-c4cccc(O)c4)cn3)CC2)c2ccncc21. The Bertz CT molecular complexity index is 1150. The average molecular weight is 416 g/mol. The highest BCUT2D eigenvalue weighted by Gasteiger charge is 2.48. The Hall–Kier alpha value is -3.81. The smallest absolute Gasteiger partial charge is 0.341 e. The molecule has 8 nitrogen and oxygen atoms in total. The van der Waals surface area contributed by atoms with Crippen molar-refractivity contribution in [1.82, 2.24) is 15.0 Å². The molecule has 0 saturated heterocycles. The van der Waals surface area contributed by atoms with Crippen LogP contribution in [-0.4, -0.2) is 31.9 Å². The second-order valence-electron chi connectivity index (χ2n) is 7.91. The second-order valence-corrected chi connectivity index (χ2v) is 7.91. The fourth-order valence-electron chi connectivity index (χ4n) is 4.40. The second kappa shape index (κ2) is 7.46. The number of pyridine rings is 1. The molecule has 1 spiro atoms. The molecule has 0 bridgehead atoms. The Morgan fingerprint density at radius 3 is 2.61 bits per heavy atom. The number of fused-ring (bicyclic) bond motifs is 2. The van der Waals surface area contributed by atoms with Gasteiger partial charge < -0.3 is 9.84 Å². The monoisotopic (exact) mass is 416 g/mol. The van der Waals surface area contributed by atoms with Gasteiger partial charge in [0, 0.05) is 41.8 Å². The van der Waals surface area contributed by atoms with Crippen LogP contribution in [0.25, 0.3) is 11.1 Å². The lowest BCUT2D eigenvalue weighted by molar-refractivity contribution is -0.122. The molecule has 0 radical (unpaired) electrons. The number of rotatable bonds is 3. The minimum atomic E-state index is -0.647. The summed E-state index contributed by atoms with van der Waals surface area (Å²) in [5, 5.41) is 12.4. The molecule has 2 aromatic heterocycles. The number of ether oxygens (including phenoxy) is 1. The Balaban J connectivity index is 1.23. The fourth-order valence-corrected chi connectivity index (χ4v) is 4.40. The zero-order chi connectivity index (χ0) is 21.4. The number of hydrogen-bond donors (Lipinski definition) is 2. The number of carbonyl (C=O) groups excluding carboxylic acids is 2. The summed E-state index contributed by atoms with van der Waals surface area (Å²) in [5.41, 5.74) is 2.27. The lowest BCUT2D eigenvalue weighted by Gasteiger charge is -2.35. The molecular weight excluding hydrogens is 396 g/mol. The average Bonchev–Trinajstić information content (AvgIpc) is 3.06. The molecule has 2 N–H and O–H groups in total. The maximum absolute atomic E-state index is 12.7. The summed E-state index contributed by atoms with van der Waals surface area (Å²) in [4.78, 5) is 37.4. The molecule has 8 heteroatoms. The molecule has 156 valence electrons. The Kier molecular flexibility index (Phi) is 4.62. The number of nitrogens with zero attached hydrogens (tertiary/aromatic N) is 3. The predicted molar refractivity (Wildman–Crippen MR) is 111 cm³/mol. The molecule has 0 unspecified atom stereocenters. The van der Waals surface area contributed by atoms with Gasteiger partial charge in [-0.25, -0.2) is 14.8 Å². The zero-order valence-corrected chi connectivity index (χ0v) is 16.6. The highest BCUT2D eigenvalue weighted by atomic mass is 16.6. The molecular formula is C23H20N4O4. The fraction of sp³-hybridized carbons (Fsp3) is 0.261. The normalized spacial score (nSPS) is 22.1. The highest BCUT2D eigenvalue weighted by molar-refractivity contribution is 5.94. The minimum absolute atomic E-state index is 0.140. The first-order valence-corrected chi connectivity index (χ1v) is 10.1. The maximum atomic E-state index is 12.7. The van der Waals surface area contributed by atoms with Gasteiger partial charge in [0.1, 0.15) is 11.4 Å². The number of amides is 1. The van der Waals surface area contributed by atoms with E-state index in [4.69, 9.17) is 4.74 Å². The summed E-state index contributed by atoms with van der Waals surface area (Å²) < 4.78 is 5.72. The Labute approximate surface area is 178 Å². The van der Waals surface area contributed by atoms with Gasteiger partial charge in [0.05, 0.1) is 5.56 Å². The van der Waals surface area contributed by atoms with Crippen LogP contribution in [0.4, 0.5) is 5.95 Å². The molecule has 3 aromatic rings. The van der Waals surface area contributed by atoms with Crippen molar-refractivity contribution in [1.29, 1.82) is 0 Å². The highest BCUT2D eigenvalue weighted by Crippen LogP contribution is 2.47. The summed E-state index contributed by atoms with van der Waals surface area (Å²) in [7, 11) is 0. The van der Waals surface area contributed by atoms with Crippen LogP contribution in [0.3, 0.4) is 0 Å². The van der Waals surface area contributed by atoms with Crippen molar-refractivity contribution >= 4 is 17.8 Å². The van der Waals surface area contributed by atoms with E-state index in [2.05, 4.69) is 20.3 Å². The standard InChI is InChI=1S/C23H20N4O4/c28-17-3-1-2-15(10-17)16-11-25-22(26-12-16)27-20(29)14-4-7-23(8-5-14)19-6-9-24-13-18(19)21(30)31-23/h1-3,6,9-14,28H,4-5,7-8H2,(H,25,26,27,29)/t14-,23-. The van der Waals surface area contributed by atoms with E-state index in [1.807, 2.05) is 12.1 Å². The molecule has 1 aromatic carbocycles. The molecule has 2 aliphatic rings. The Morgan fingerprint density at radius 2 is 1.87 bits per heavy atom. The third-order valence-corrected chi connectivity index (χ3v) is 6.05. The molecule has 1 amide bonds. The van der Waals surface area contributed by atoms with E-state index in [0.29, 0.717) is 31.2 Å². The summed E-state index contributed by atoms with van der Waals surface area (Å²) in [6, 6.07) is 8.64. The lowest BCUT2D eigenvalue weighted by atomic mass is 9.75. The van der Waals surface area contributed by atoms with Gasteiger partial charge in [-0.2, -0.15) is 0 Å². The third kappa shape index (κ3) is 3.50. The van der Waals surface area contributed by atoms with E-state index in [-0.39, 0.29) is 29.5 Å².